The monoisotopic (exact) mass is 415 g/mol. The van der Waals surface area contributed by atoms with Crippen molar-refractivity contribution >= 4 is 23.6 Å². The maximum absolute atomic E-state index is 13.1. The van der Waals surface area contributed by atoms with Crippen molar-refractivity contribution in [1.29, 1.82) is 0 Å². The first-order chi connectivity index (χ1) is 14.4. The Hall–Kier alpha value is -3.04. The van der Waals surface area contributed by atoms with Gasteiger partial charge < -0.3 is 14.8 Å². The van der Waals surface area contributed by atoms with E-state index in [4.69, 9.17) is 9.47 Å². The lowest BCUT2D eigenvalue weighted by Gasteiger charge is -2.38. The molecular weight excluding hydrogens is 390 g/mol. The number of amides is 1. The van der Waals surface area contributed by atoms with Gasteiger partial charge in [0.2, 0.25) is 0 Å². The first-order valence-corrected chi connectivity index (χ1v) is 10.1. The summed E-state index contributed by atoms with van der Waals surface area (Å²) in [5.41, 5.74) is 0.227. The third kappa shape index (κ3) is 3.40. The summed E-state index contributed by atoms with van der Waals surface area (Å²) in [6, 6.07) is 1.39. The van der Waals surface area contributed by atoms with E-state index < -0.39 is 5.97 Å². The van der Waals surface area contributed by atoms with Crippen LogP contribution in [0, 0.1) is 23.7 Å². The lowest BCUT2D eigenvalue weighted by Crippen LogP contribution is -2.44. The van der Waals surface area contributed by atoms with E-state index in [1.54, 1.807) is 0 Å². The fourth-order valence-corrected chi connectivity index (χ4v) is 5.20. The minimum Gasteiger partial charge on any atom is -0.469 e. The molecule has 160 valence electrons. The predicted molar refractivity (Wildman–Crippen MR) is 103 cm³/mol. The molecule has 2 aliphatic rings. The Morgan fingerprint density at radius 3 is 2.60 bits per heavy atom. The summed E-state index contributed by atoms with van der Waals surface area (Å²) in [4.78, 5) is 41.2. The van der Waals surface area contributed by atoms with E-state index in [0.29, 0.717) is 11.8 Å². The standard InChI is InChI=1S/C20H25N5O5/c1-10-11-6-7-14(13(11)5-4-12(10)18(27)29-2)22-17(26)16-8-15(19(28)30-3)23-20-24-21-9-25(16)20/h8-14H,4-7H2,1-3H3,(H,22,26)/t10?,11?,12?,13-,14+/m1/s1. The second kappa shape index (κ2) is 8.00. The largest absolute Gasteiger partial charge is 0.469 e. The molecule has 0 aliphatic heterocycles. The Morgan fingerprint density at radius 1 is 1.10 bits per heavy atom. The lowest BCUT2D eigenvalue weighted by atomic mass is 9.68. The van der Waals surface area contributed by atoms with Crippen molar-refractivity contribution in [3.8, 4) is 0 Å². The number of carbonyl (C=O) groups is 3. The first kappa shape index (κ1) is 20.2. The van der Waals surface area contributed by atoms with E-state index in [2.05, 4.69) is 27.4 Å². The van der Waals surface area contributed by atoms with Crippen LogP contribution in [0.1, 0.15) is 53.6 Å². The maximum Gasteiger partial charge on any atom is 0.356 e. The molecule has 4 rings (SSSR count). The number of hydrogen-bond acceptors (Lipinski definition) is 8. The zero-order valence-electron chi connectivity index (χ0n) is 17.2. The van der Waals surface area contributed by atoms with Crippen LogP contribution in [0.3, 0.4) is 0 Å². The van der Waals surface area contributed by atoms with Crippen LogP contribution in [0.2, 0.25) is 0 Å². The van der Waals surface area contributed by atoms with Crippen molar-refractivity contribution in [2.24, 2.45) is 23.7 Å². The van der Waals surface area contributed by atoms with Crippen molar-refractivity contribution < 1.29 is 23.9 Å². The van der Waals surface area contributed by atoms with E-state index in [0.717, 1.165) is 25.7 Å². The summed E-state index contributed by atoms with van der Waals surface area (Å²) in [7, 11) is 2.68. The maximum atomic E-state index is 13.1. The van der Waals surface area contributed by atoms with Gasteiger partial charge in [-0.15, -0.1) is 10.2 Å². The van der Waals surface area contributed by atoms with E-state index >= 15 is 0 Å². The minimum atomic E-state index is -0.648. The zero-order valence-corrected chi connectivity index (χ0v) is 17.2. The number of methoxy groups -OCH3 is 2. The average Bonchev–Trinajstić information content (AvgIpc) is 3.39. The van der Waals surface area contributed by atoms with Gasteiger partial charge in [0.15, 0.2) is 5.69 Å². The SMILES string of the molecule is COC(=O)c1cc(C(=O)N[C@H]2CCC3C(C)C(C(=O)OC)CC[C@H]32)n2cnnc2n1. The smallest absolute Gasteiger partial charge is 0.356 e. The molecule has 0 aromatic carbocycles. The molecular formula is C20H25N5O5. The molecule has 1 N–H and O–H groups in total. The molecule has 2 saturated carbocycles. The number of nitrogens with zero attached hydrogens (tertiary/aromatic N) is 4. The summed E-state index contributed by atoms with van der Waals surface area (Å²) >= 11 is 0. The lowest BCUT2D eigenvalue weighted by molar-refractivity contribution is -0.150. The van der Waals surface area contributed by atoms with E-state index in [1.807, 2.05) is 0 Å². The second-order valence-electron chi connectivity index (χ2n) is 8.07. The van der Waals surface area contributed by atoms with Crippen molar-refractivity contribution in [3.05, 3.63) is 23.8 Å². The number of ether oxygens (including phenoxy) is 2. The molecule has 2 aromatic heterocycles. The Labute approximate surface area is 173 Å². The highest BCUT2D eigenvalue weighted by molar-refractivity contribution is 5.96. The number of esters is 2. The van der Waals surface area contributed by atoms with Gasteiger partial charge in [-0.3, -0.25) is 14.0 Å². The highest BCUT2D eigenvalue weighted by Crippen LogP contribution is 2.48. The highest BCUT2D eigenvalue weighted by atomic mass is 16.5. The van der Waals surface area contributed by atoms with Crippen molar-refractivity contribution in [1.82, 2.24) is 24.9 Å². The second-order valence-corrected chi connectivity index (χ2v) is 8.07. The summed E-state index contributed by atoms with van der Waals surface area (Å²) in [6.45, 7) is 2.11. The van der Waals surface area contributed by atoms with Gasteiger partial charge >= 0.3 is 11.9 Å². The molecule has 30 heavy (non-hydrogen) atoms. The quantitative estimate of drug-likeness (QED) is 0.740. The van der Waals surface area contributed by atoms with Crippen LogP contribution < -0.4 is 5.32 Å². The Morgan fingerprint density at radius 2 is 1.87 bits per heavy atom. The van der Waals surface area contributed by atoms with Gasteiger partial charge in [-0.1, -0.05) is 6.92 Å². The van der Waals surface area contributed by atoms with Crippen LogP contribution in [-0.4, -0.2) is 57.7 Å². The number of hydrogen-bond donors (Lipinski definition) is 1. The molecule has 0 bridgehead atoms. The molecule has 10 nitrogen and oxygen atoms in total. The number of rotatable bonds is 4. The van der Waals surface area contributed by atoms with Gasteiger partial charge in [-0.25, -0.2) is 9.78 Å². The van der Waals surface area contributed by atoms with Crippen molar-refractivity contribution in [2.45, 2.75) is 38.6 Å². The molecule has 2 fully saturated rings. The van der Waals surface area contributed by atoms with Crippen LogP contribution in [0.5, 0.6) is 0 Å². The van der Waals surface area contributed by atoms with E-state index in [1.165, 1.54) is 31.0 Å². The van der Waals surface area contributed by atoms with Crippen molar-refractivity contribution in [3.63, 3.8) is 0 Å². The van der Waals surface area contributed by atoms with Crippen molar-refractivity contribution in [2.75, 3.05) is 14.2 Å². The van der Waals surface area contributed by atoms with Gasteiger partial charge in [0.05, 0.1) is 20.1 Å². The van der Waals surface area contributed by atoms with Gasteiger partial charge in [0.1, 0.15) is 12.0 Å². The molecule has 0 saturated heterocycles. The number of aromatic nitrogens is 4. The zero-order chi connectivity index (χ0) is 21.4. The summed E-state index contributed by atoms with van der Waals surface area (Å²) < 4.78 is 11.1. The molecule has 5 atom stereocenters. The first-order valence-electron chi connectivity index (χ1n) is 10.1. The van der Waals surface area contributed by atoms with Gasteiger partial charge in [-0.2, -0.15) is 0 Å². The highest BCUT2D eigenvalue weighted by Gasteiger charge is 2.47. The molecule has 2 heterocycles. The third-order valence-electron chi connectivity index (χ3n) is 6.73. The molecule has 1 amide bonds. The Balaban J connectivity index is 1.54. The van der Waals surface area contributed by atoms with Crippen LogP contribution in [0.25, 0.3) is 5.78 Å². The van der Waals surface area contributed by atoms with Crippen LogP contribution >= 0.6 is 0 Å². The molecule has 3 unspecified atom stereocenters. The Bertz CT molecular complexity index is 989. The predicted octanol–water partition coefficient (Wildman–Crippen LogP) is 1.25. The molecule has 10 heteroatoms. The summed E-state index contributed by atoms with van der Waals surface area (Å²) in [6.07, 6.45) is 4.82. The van der Waals surface area contributed by atoms with E-state index in [-0.39, 0.29) is 46.9 Å². The topological polar surface area (TPSA) is 125 Å². The Kier molecular flexibility index (Phi) is 5.40. The molecule has 0 radical (unpaired) electrons. The van der Waals surface area contributed by atoms with Crippen LogP contribution in [0.15, 0.2) is 12.4 Å². The molecule has 2 aliphatic carbocycles. The molecule has 0 spiro atoms. The van der Waals surface area contributed by atoms with Gasteiger partial charge in [0.25, 0.3) is 11.7 Å². The minimum absolute atomic E-state index is 0.000318. The van der Waals surface area contributed by atoms with E-state index in [9.17, 15) is 14.4 Å². The van der Waals surface area contributed by atoms with Crippen LogP contribution in [0.4, 0.5) is 0 Å². The summed E-state index contributed by atoms with van der Waals surface area (Å²) in [5.74, 6) is -0.143. The number of nitrogens with one attached hydrogen (secondary N) is 1. The fraction of sp³-hybridized carbons (Fsp3) is 0.600. The third-order valence-corrected chi connectivity index (χ3v) is 6.73. The number of carbonyl (C=O) groups excluding carboxylic acids is 3. The fourth-order valence-electron chi connectivity index (χ4n) is 5.20. The van der Waals surface area contributed by atoms with Crippen LogP contribution in [-0.2, 0) is 14.3 Å². The molecule has 2 aromatic rings. The number of fused-ring (bicyclic) bond motifs is 2. The summed E-state index contributed by atoms with van der Waals surface area (Å²) in [5, 5.41) is 10.8. The average molecular weight is 415 g/mol. The van der Waals surface area contributed by atoms with Gasteiger partial charge in [-0.05, 0) is 43.4 Å². The normalized spacial score (nSPS) is 28.0. The van der Waals surface area contributed by atoms with Gasteiger partial charge in [0, 0.05) is 12.1 Å².